The number of aryl methyl sites for hydroxylation is 1. The summed E-state index contributed by atoms with van der Waals surface area (Å²) in [5.41, 5.74) is 1.42. The van der Waals surface area contributed by atoms with Crippen LogP contribution in [-0.2, 0) is 11.2 Å². The lowest BCUT2D eigenvalue weighted by Gasteiger charge is -2.11. The van der Waals surface area contributed by atoms with Gasteiger partial charge >= 0.3 is 0 Å². The number of para-hydroxylation sites is 1. The van der Waals surface area contributed by atoms with Crippen molar-refractivity contribution in [1.82, 2.24) is 10.6 Å². The summed E-state index contributed by atoms with van der Waals surface area (Å²) in [7, 11) is 0. The molecule has 132 valence electrons. The van der Waals surface area contributed by atoms with Crippen LogP contribution in [0.25, 0.3) is 0 Å². The van der Waals surface area contributed by atoms with E-state index in [-0.39, 0.29) is 30.7 Å². The molecule has 0 aliphatic carbocycles. The molecule has 3 N–H and O–H groups in total. The average Bonchev–Trinajstić information content (AvgIpc) is 2.63. The van der Waals surface area contributed by atoms with Crippen LogP contribution in [0.2, 0.25) is 0 Å². The summed E-state index contributed by atoms with van der Waals surface area (Å²) in [5.74, 6) is 0.179. The van der Waals surface area contributed by atoms with Crippen LogP contribution < -0.4 is 15.4 Å². The first kappa shape index (κ1) is 18.3. The van der Waals surface area contributed by atoms with E-state index >= 15 is 0 Å². The summed E-state index contributed by atoms with van der Waals surface area (Å²) in [4.78, 5) is 23.7. The SMILES string of the molecule is CCc1ccccc1OCC(=O)NCCNC(=O)c1cccc(O)c1. The van der Waals surface area contributed by atoms with E-state index in [9.17, 15) is 14.7 Å². The third-order valence-corrected chi connectivity index (χ3v) is 3.55. The molecule has 6 nitrogen and oxygen atoms in total. The van der Waals surface area contributed by atoms with Crippen molar-refractivity contribution in [3.8, 4) is 11.5 Å². The van der Waals surface area contributed by atoms with Gasteiger partial charge < -0.3 is 20.5 Å². The number of hydrogen-bond donors (Lipinski definition) is 3. The highest BCUT2D eigenvalue weighted by Crippen LogP contribution is 2.17. The second-order valence-electron chi connectivity index (χ2n) is 5.41. The summed E-state index contributed by atoms with van der Waals surface area (Å²) in [6, 6.07) is 13.7. The Bertz CT molecular complexity index is 731. The van der Waals surface area contributed by atoms with Gasteiger partial charge in [0, 0.05) is 18.7 Å². The molecule has 2 aromatic rings. The van der Waals surface area contributed by atoms with Crippen LogP contribution in [0.3, 0.4) is 0 Å². The monoisotopic (exact) mass is 342 g/mol. The van der Waals surface area contributed by atoms with E-state index < -0.39 is 0 Å². The summed E-state index contributed by atoms with van der Waals surface area (Å²) < 4.78 is 5.52. The number of ether oxygens (including phenoxy) is 1. The first-order chi connectivity index (χ1) is 12.1. The molecule has 25 heavy (non-hydrogen) atoms. The Morgan fingerprint density at radius 2 is 1.80 bits per heavy atom. The van der Waals surface area contributed by atoms with Crippen molar-refractivity contribution < 1.29 is 19.4 Å². The number of phenolic OH excluding ortho intramolecular Hbond substituents is 1. The Morgan fingerprint density at radius 3 is 2.56 bits per heavy atom. The van der Waals surface area contributed by atoms with Crippen LogP contribution in [0.4, 0.5) is 0 Å². The molecule has 0 spiro atoms. The van der Waals surface area contributed by atoms with Gasteiger partial charge in [-0.3, -0.25) is 9.59 Å². The highest BCUT2D eigenvalue weighted by Gasteiger charge is 2.07. The first-order valence-corrected chi connectivity index (χ1v) is 8.14. The maximum absolute atomic E-state index is 11.9. The summed E-state index contributed by atoms with van der Waals surface area (Å²) >= 11 is 0. The predicted molar refractivity (Wildman–Crippen MR) is 94.8 cm³/mol. The largest absolute Gasteiger partial charge is 0.508 e. The lowest BCUT2D eigenvalue weighted by Crippen LogP contribution is -2.36. The minimum Gasteiger partial charge on any atom is -0.508 e. The number of carbonyl (C=O) groups excluding carboxylic acids is 2. The molecule has 0 radical (unpaired) electrons. The molecule has 6 heteroatoms. The molecule has 0 fully saturated rings. The first-order valence-electron chi connectivity index (χ1n) is 8.14. The lowest BCUT2D eigenvalue weighted by atomic mass is 10.1. The zero-order valence-electron chi connectivity index (χ0n) is 14.1. The van der Waals surface area contributed by atoms with Crippen LogP contribution in [0, 0.1) is 0 Å². The number of nitrogens with one attached hydrogen (secondary N) is 2. The maximum Gasteiger partial charge on any atom is 0.258 e. The van der Waals surface area contributed by atoms with Crippen molar-refractivity contribution in [2.45, 2.75) is 13.3 Å². The van der Waals surface area contributed by atoms with E-state index in [1.165, 1.54) is 12.1 Å². The van der Waals surface area contributed by atoms with Gasteiger partial charge in [-0.15, -0.1) is 0 Å². The molecular weight excluding hydrogens is 320 g/mol. The van der Waals surface area contributed by atoms with Gasteiger partial charge in [0.05, 0.1) is 0 Å². The quantitative estimate of drug-likeness (QED) is 0.639. The number of rotatable bonds is 8. The molecule has 0 saturated heterocycles. The topological polar surface area (TPSA) is 87.7 Å². The fourth-order valence-electron chi connectivity index (χ4n) is 2.26. The second kappa shape index (κ2) is 9.32. The van der Waals surface area contributed by atoms with E-state index in [1.807, 2.05) is 31.2 Å². The standard InChI is InChI=1S/C19H22N2O4/c1-2-14-6-3-4-9-17(14)25-13-18(23)20-10-11-21-19(24)15-7-5-8-16(22)12-15/h3-9,12,22H,2,10-11,13H2,1H3,(H,20,23)(H,21,24). The molecule has 0 saturated carbocycles. The Morgan fingerprint density at radius 1 is 1.04 bits per heavy atom. The van der Waals surface area contributed by atoms with E-state index in [4.69, 9.17) is 4.74 Å². The molecule has 0 aromatic heterocycles. The van der Waals surface area contributed by atoms with E-state index in [2.05, 4.69) is 10.6 Å². The molecule has 0 aliphatic heterocycles. The van der Waals surface area contributed by atoms with Gasteiger partial charge in [-0.05, 0) is 36.2 Å². The Balaban J connectivity index is 1.68. The number of amides is 2. The third kappa shape index (κ3) is 5.84. The lowest BCUT2D eigenvalue weighted by molar-refractivity contribution is -0.123. The van der Waals surface area contributed by atoms with Crippen molar-refractivity contribution >= 4 is 11.8 Å². The number of carbonyl (C=O) groups is 2. The number of benzene rings is 2. The number of aromatic hydroxyl groups is 1. The van der Waals surface area contributed by atoms with Gasteiger partial charge in [-0.25, -0.2) is 0 Å². The second-order valence-corrected chi connectivity index (χ2v) is 5.41. The van der Waals surface area contributed by atoms with Crippen LogP contribution in [0.5, 0.6) is 11.5 Å². The molecule has 2 aromatic carbocycles. The molecule has 0 aliphatic rings. The van der Waals surface area contributed by atoms with Gasteiger partial charge in [0.1, 0.15) is 11.5 Å². The van der Waals surface area contributed by atoms with Gasteiger partial charge in [0.15, 0.2) is 6.61 Å². The predicted octanol–water partition coefficient (Wildman–Crippen LogP) is 1.88. The molecule has 0 unspecified atom stereocenters. The van der Waals surface area contributed by atoms with Crippen molar-refractivity contribution in [1.29, 1.82) is 0 Å². The Labute approximate surface area is 146 Å². The normalized spacial score (nSPS) is 10.1. The van der Waals surface area contributed by atoms with Crippen molar-refractivity contribution in [2.24, 2.45) is 0 Å². The van der Waals surface area contributed by atoms with E-state index in [0.717, 1.165) is 12.0 Å². The van der Waals surface area contributed by atoms with Crippen LogP contribution in [-0.4, -0.2) is 36.6 Å². The zero-order chi connectivity index (χ0) is 18.1. The third-order valence-electron chi connectivity index (χ3n) is 3.55. The Hall–Kier alpha value is -3.02. The van der Waals surface area contributed by atoms with Crippen LogP contribution in [0.15, 0.2) is 48.5 Å². The molecule has 0 heterocycles. The van der Waals surface area contributed by atoms with Crippen LogP contribution in [0.1, 0.15) is 22.8 Å². The van der Waals surface area contributed by atoms with E-state index in [1.54, 1.807) is 12.1 Å². The highest BCUT2D eigenvalue weighted by atomic mass is 16.5. The fraction of sp³-hybridized carbons (Fsp3) is 0.263. The van der Waals surface area contributed by atoms with E-state index in [0.29, 0.717) is 17.9 Å². The summed E-state index contributed by atoms with van der Waals surface area (Å²) in [6.45, 7) is 2.53. The van der Waals surface area contributed by atoms with Gasteiger partial charge in [-0.1, -0.05) is 31.2 Å². The summed E-state index contributed by atoms with van der Waals surface area (Å²) in [5, 5.41) is 14.7. The van der Waals surface area contributed by atoms with Crippen molar-refractivity contribution in [2.75, 3.05) is 19.7 Å². The molecule has 2 amide bonds. The minimum atomic E-state index is -0.307. The average molecular weight is 342 g/mol. The molecule has 2 rings (SSSR count). The zero-order valence-corrected chi connectivity index (χ0v) is 14.1. The fourth-order valence-corrected chi connectivity index (χ4v) is 2.26. The van der Waals surface area contributed by atoms with Crippen LogP contribution >= 0.6 is 0 Å². The maximum atomic E-state index is 11.9. The van der Waals surface area contributed by atoms with Gasteiger partial charge in [0.2, 0.25) is 0 Å². The molecular formula is C19H22N2O4. The smallest absolute Gasteiger partial charge is 0.258 e. The van der Waals surface area contributed by atoms with Gasteiger partial charge in [0.25, 0.3) is 11.8 Å². The number of hydrogen-bond acceptors (Lipinski definition) is 4. The van der Waals surface area contributed by atoms with Crippen molar-refractivity contribution in [3.63, 3.8) is 0 Å². The van der Waals surface area contributed by atoms with Crippen molar-refractivity contribution in [3.05, 3.63) is 59.7 Å². The number of phenols is 1. The molecule has 0 atom stereocenters. The molecule has 0 bridgehead atoms. The Kier molecular flexibility index (Phi) is 6.83. The summed E-state index contributed by atoms with van der Waals surface area (Å²) in [6.07, 6.45) is 0.832. The van der Waals surface area contributed by atoms with Gasteiger partial charge in [-0.2, -0.15) is 0 Å². The minimum absolute atomic E-state index is 0.0328. The highest BCUT2D eigenvalue weighted by molar-refractivity contribution is 5.94.